The van der Waals surface area contributed by atoms with E-state index in [1.165, 1.54) is 0 Å². The van der Waals surface area contributed by atoms with E-state index in [2.05, 4.69) is 24.0 Å². The van der Waals surface area contributed by atoms with Crippen LogP contribution in [0.15, 0.2) is 22.6 Å². The quantitative estimate of drug-likeness (QED) is 0.922. The largest absolute Gasteiger partial charge is 0.482 e. The molecule has 0 amide bonds. The number of hydrogen-bond acceptors (Lipinski definition) is 5. The molecule has 0 spiro atoms. The Labute approximate surface area is 110 Å². The molecule has 0 aliphatic rings. The van der Waals surface area contributed by atoms with Gasteiger partial charge in [-0.3, -0.25) is 0 Å². The summed E-state index contributed by atoms with van der Waals surface area (Å²) in [5.41, 5.74) is 6.47. The molecule has 1 aromatic heterocycles. The maximum Gasteiger partial charge on any atom is 0.312 e. The van der Waals surface area contributed by atoms with Crippen molar-refractivity contribution in [3.63, 3.8) is 0 Å². The highest BCUT2D eigenvalue weighted by atomic mass is 35.5. The predicted octanol–water partition coefficient (Wildman–Crippen LogP) is 3.01. The highest BCUT2D eigenvalue weighted by Crippen LogP contribution is 2.28. The van der Waals surface area contributed by atoms with E-state index >= 15 is 0 Å². The second-order valence-electron chi connectivity index (χ2n) is 4.17. The van der Waals surface area contributed by atoms with Crippen molar-refractivity contribution in [2.45, 2.75) is 26.4 Å². The van der Waals surface area contributed by atoms with Gasteiger partial charge in [0.15, 0.2) is 6.61 Å². The first-order valence-corrected chi connectivity index (χ1v) is 5.94. The molecule has 0 radical (unpaired) electrons. The minimum absolute atomic E-state index is 0.0230. The van der Waals surface area contributed by atoms with Crippen molar-refractivity contribution in [1.82, 2.24) is 10.2 Å². The second-order valence-corrected chi connectivity index (χ2v) is 4.57. The monoisotopic (exact) mass is 267 g/mol. The number of rotatable bonds is 4. The van der Waals surface area contributed by atoms with Crippen LogP contribution in [0.1, 0.15) is 31.2 Å². The molecule has 0 bridgehead atoms. The average molecular weight is 268 g/mol. The molecule has 96 valence electrons. The van der Waals surface area contributed by atoms with Gasteiger partial charge in [0.25, 0.3) is 5.89 Å². The number of nitrogen functional groups attached to an aromatic ring is 1. The summed E-state index contributed by atoms with van der Waals surface area (Å²) in [5, 5.41) is 7.80. The highest BCUT2D eigenvalue weighted by molar-refractivity contribution is 6.32. The molecular weight excluding hydrogens is 254 g/mol. The molecule has 1 heterocycles. The zero-order valence-electron chi connectivity index (χ0n) is 10.2. The van der Waals surface area contributed by atoms with E-state index in [1.807, 2.05) is 18.2 Å². The molecule has 1 aromatic carbocycles. The van der Waals surface area contributed by atoms with Gasteiger partial charge in [0.2, 0.25) is 0 Å². The number of nitrogens with zero attached hydrogens (tertiary/aromatic N) is 2. The Bertz CT molecular complexity index is 540. The van der Waals surface area contributed by atoms with Crippen LogP contribution in [0, 0.1) is 0 Å². The minimum atomic E-state index is 0.0230. The van der Waals surface area contributed by atoms with Crippen molar-refractivity contribution in [2.75, 3.05) is 5.73 Å². The summed E-state index contributed by atoms with van der Waals surface area (Å²) in [5.74, 6) is 1.32. The second kappa shape index (κ2) is 5.27. The van der Waals surface area contributed by atoms with E-state index in [9.17, 15) is 0 Å². The van der Waals surface area contributed by atoms with Crippen LogP contribution < -0.4 is 10.5 Å². The van der Waals surface area contributed by atoms with Crippen LogP contribution >= 0.6 is 11.6 Å². The molecule has 0 saturated carbocycles. The van der Waals surface area contributed by atoms with Crippen molar-refractivity contribution in [3.05, 3.63) is 34.7 Å². The topological polar surface area (TPSA) is 74.2 Å². The third-order valence-corrected chi connectivity index (χ3v) is 2.75. The van der Waals surface area contributed by atoms with Gasteiger partial charge in [0, 0.05) is 0 Å². The molecule has 2 N–H and O–H groups in total. The predicted molar refractivity (Wildman–Crippen MR) is 68.6 cm³/mol. The Hall–Kier alpha value is -1.75. The molecule has 18 heavy (non-hydrogen) atoms. The maximum absolute atomic E-state index is 6.13. The summed E-state index contributed by atoms with van der Waals surface area (Å²) < 4.78 is 10.5. The lowest BCUT2D eigenvalue weighted by Gasteiger charge is -2.09. The van der Waals surface area contributed by atoms with E-state index in [1.54, 1.807) is 0 Å². The lowest BCUT2D eigenvalue weighted by atomic mass is 10.0. The minimum Gasteiger partial charge on any atom is -0.482 e. The molecule has 0 aliphatic heterocycles. The molecule has 6 heteroatoms. The van der Waals surface area contributed by atoms with Crippen LogP contribution in [-0.2, 0) is 6.61 Å². The summed E-state index contributed by atoms with van der Waals surface area (Å²) in [6, 6.07) is 5.73. The third-order valence-electron chi connectivity index (χ3n) is 2.46. The molecule has 0 atom stereocenters. The number of nitrogens with two attached hydrogens (primary N) is 1. The summed E-state index contributed by atoms with van der Waals surface area (Å²) >= 11 is 6.13. The summed E-state index contributed by atoms with van der Waals surface area (Å²) in [7, 11) is 0. The maximum atomic E-state index is 6.13. The van der Waals surface area contributed by atoms with Crippen LogP contribution in [0.3, 0.4) is 0 Å². The van der Waals surface area contributed by atoms with E-state index in [0.717, 1.165) is 5.56 Å². The van der Waals surface area contributed by atoms with Gasteiger partial charge in [0.05, 0.1) is 5.02 Å². The van der Waals surface area contributed by atoms with Gasteiger partial charge < -0.3 is 14.9 Å². The zero-order valence-corrected chi connectivity index (χ0v) is 10.9. The van der Waals surface area contributed by atoms with Crippen molar-refractivity contribution >= 4 is 17.6 Å². The van der Waals surface area contributed by atoms with Crippen molar-refractivity contribution in [3.8, 4) is 5.75 Å². The van der Waals surface area contributed by atoms with E-state index in [4.69, 9.17) is 26.5 Å². The molecule has 5 nitrogen and oxygen atoms in total. The Morgan fingerprint density at radius 2 is 2.17 bits per heavy atom. The number of aromatic nitrogens is 2. The fourth-order valence-corrected chi connectivity index (χ4v) is 1.70. The highest BCUT2D eigenvalue weighted by Gasteiger charge is 2.08. The molecule has 2 rings (SSSR count). The molecular formula is C12H14ClN3O2. The van der Waals surface area contributed by atoms with Gasteiger partial charge in [0.1, 0.15) is 5.75 Å². The fourth-order valence-electron chi connectivity index (χ4n) is 1.46. The van der Waals surface area contributed by atoms with Gasteiger partial charge in [-0.1, -0.05) is 36.6 Å². The first kappa shape index (κ1) is 12.7. The van der Waals surface area contributed by atoms with E-state index < -0.39 is 0 Å². The molecule has 0 unspecified atom stereocenters. The van der Waals surface area contributed by atoms with Gasteiger partial charge in [-0.2, -0.15) is 0 Å². The normalized spacial score (nSPS) is 10.9. The van der Waals surface area contributed by atoms with Gasteiger partial charge >= 0.3 is 6.01 Å². The van der Waals surface area contributed by atoms with Crippen molar-refractivity contribution in [2.24, 2.45) is 0 Å². The van der Waals surface area contributed by atoms with Gasteiger partial charge in [-0.25, -0.2) is 0 Å². The standard InChI is InChI=1S/C12H14ClN3O2/c1-7(2)8-3-4-10(9(13)5-8)17-6-11-15-16-12(14)18-11/h3-5,7H,6H2,1-2H3,(H2,14,16). The summed E-state index contributed by atoms with van der Waals surface area (Å²) in [6.07, 6.45) is 0. The average Bonchev–Trinajstić information content (AvgIpc) is 2.73. The first-order valence-electron chi connectivity index (χ1n) is 5.56. The number of hydrogen-bond donors (Lipinski definition) is 1. The van der Waals surface area contributed by atoms with Crippen LogP contribution in [0.4, 0.5) is 6.01 Å². The number of anilines is 1. The fraction of sp³-hybridized carbons (Fsp3) is 0.333. The Morgan fingerprint density at radius 1 is 1.39 bits per heavy atom. The molecule has 2 aromatic rings. The lowest BCUT2D eigenvalue weighted by Crippen LogP contribution is -1.97. The van der Waals surface area contributed by atoms with E-state index in [-0.39, 0.29) is 12.6 Å². The first-order chi connectivity index (χ1) is 8.56. The third kappa shape index (κ3) is 2.92. The molecule has 0 fully saturated rings. The number of halogens is 1. The Balaban J connectivity index is 2.05. The Morgan fingerprint density at radius 3 is 2.72 bits per heavy atom. The van der Waals surface area contributed by atoms with Crippen LogP contribution in [0.5, 0.6) is 5.75 Å². The smallest absolute Gasteiger partial charge is 0.312 e. The summed E-state index contributed by atoms with van der Waals surface area (Å²) in [6.45, 7) is 4.35. The van der Waals surface area contributed by atoms with Crippen LogP contribution in [-0.4, -0.2) is 10.2 Å². The van der Waals surface area contributed by atoms with Crippen molar-refractivity contribution < 1.29 is 9.15 Å². The van der Waals surface area contributed by atoms with Gasteiger partial charge in [-0.05, 0) is 23.6 Å². The van der Waals surface area contributed by atoms with Crippen LogP contribution in [0.25, 0.3) is 0 Å². The Kier molecular flexibility index (Phi) is 3.72. The van der Waals surface area contributed by atoms with Crippen molar-refractivity contribution in [1.29, 1.82) is 0 Å². The molecule has 0 saturated heterocycles. The summed E-state index contributed by atoms with van der Waals surface area (Å²) in [4.78, 5) is 0. The lowest BCUT2D eigenvalue weighted by molar-refractivity contribution is 0.265. The van der Waals surface area contributed by atoms with E-state index in [0.29, 0.717) is 22.6 Å². The number of ether oxygens (including phenoxy) is 1. The SMILES string of the molecule is CC(C)c1ccc(OCc2nnc(N)o2)c(Cl)c1. The molecule has 0 aliphatic carbocycles. The van der Waals surface area contributed by atoms with Gasteiger partial charge in [-0.15, -0.1) is 5.10 Å². The number of benzene rings is 1. The van der Waals surface area contributed by atoms with Crippen LogP contribution in [0.2, 0.25) is 5.02 Å². The zero-order chi connectivity index (χ0) is 13.1.